The molecule has 0 amide bonds. The molecule has 4 rings (SSSR count). The Labute approximate surface area is 174 Å². The van der Waals surface area contributed by atoms with Crippen LogP contribution in [0.4, 0.5) is 0 Å². The smallest absolute Gasteiger partial charge is 0.317 e. The van der Waals surface area contributed by atoms with E-state index in [0.29, 0.717) is 18.9 Å². The summed E-state index contributed by atoms with van der Waals surface area (Å²) in [5.41, 5.74) is 3.50. The third-order valence-electron chi connectivity index (χ3n) is 5.66. The predicted octanol–water partition coefficient (Wildman–Crippen LogP) is 3.22. The molecule has 0 bridgehead atoms. The fourth-order valence-electron chi connectivity index (χ4n) is 4.15. The average Bonchev–Trinajstić information content (AvgIpc) is 3.35. The molecule has 2 aromatic carbocycles. The highest BCUT2D eigenvalue weighted by Crippen LogP contribution is 2.32. The fraction of sp³-hybridized carbons (Fsp3) is 0.391. The number of carboxylic acid groups (broad SMARTS) is 1. The Morgan fingerprint density at radius 3 is 2.70 bits per heavy atom. The number of para-hydroxylation sites is 2. The first-order valence-electron chi connectivity index (χ1n) is 10.3. The maximum atomic E-state index is 10.9. The van der Waals surface area contributed by atoms with Crippen molar-refractivity contribution in [2.45, 2.75) is 38.0 Å². The molecular formula is C23H26N2O5. The lowest BCUT2D eigenvalue weighted by atomic mass is 10.0. The fourth-order valence-corrected chi connectivity index (χ4v) is 4.15. The van der Waals surface area contributed by atoms with E-state index in [4.69, 9.17) is 14.3 Å². The van der Waals surface area contributed by atoms with Gasteiger partial charge in [-0.05, 0) is 55.0 Å². The summed E-state index contributed by atoms with van der Waals surface area (Å²) in [5.74, 6) is -0.0742. The van der Waals surface area contributed by atoms with Crippen LogP contribution in [0.1, 0.15) is 24.8 Å². The number of nitrogens with one attached hydrogen (secondary N) is 1. The molecule has 3 aromatic rings. The highest BCUT2D eigenvalue weighted by atomic mass is 16.5. The van der Waals surface area contributed by atoms with Gasteiger partial charge in [-0.3, -0.25) is 4.79 Å². The summed E-state index contributed by atoms with van der Waals surface area (Å²) >= 11 is 0. The minimum Gasteiger partial charge on any atom is -0.480 e. The first-order chi connectivity index (χ1) is 14.6. The van der Waals surface area contributed by atoms with Crippen LogP contribution in [0.3, 0.4) is 0 Å². The Hall–Kier alpha value is -2.74. The van der Waals surface area contributed by atoms with Gasteiger partial charge in [0.1, 0.15) is 5.52 Å². The van der Waals surface area contributed by atoms with Crippen LogP contribution in [0.5, 0.6) is 0 Å². The van der Waals surface area contributed by atoms with E-state index in [1.165, 1.54) is 0 Å². The van der Waals surface area contributed by atoms with Gasteiger partial charge in [0, 0.05) is 18.2 Å². The maximum absolute atomic E-state index is 10.9. The predicted molar refractivity (Wildman–Crippen MR) is 112 cm³/mol. The molecule has 0 unspecified atom stereocenters. The summed E-state index contributed by atoms with van der Waals surface area (Å²) < 4.78 is 12.0. The molecule has 1 aliphatic rings. The number of hydrogen-bond donors (Lipinski definition) is 3. The minimum absolute atomic E-state index is 0.0170. The van der Waals surface area contributed by atoms with Crippen molar-refractivity contribution < 1.29 is 24.2 Å². The molecule has 0 aliphatic heterocycles. The molecule has 0 spiro atoms. The summed E-state index contributed by atoms with van der Waals surface area (Å²) in [7, 11) is 0. The molecule has 30 heavy (non-hydrogen) atoms. The number of aromatic nitrogens is 1. The number of nitrogens with zero attached hydrogens (tertiary/aromatic N) is 1. The van der Waals surface area contributed by atoms with Gasteiger partial charge in [0.25, 0.3) is 0 Å². The molecule has 1 heterocycles. The van der Waals surface area contributed by atoms with Crippen molar-refractivity contribution in [2.75, 3.05) is 13.2 Å². The van der Waals surface area contributed by atoms with Crippen LogP contribution in [0.25, 0.3) is 22.6 Å². The van der Waals surface area contributed by atoms with E-state index in [-0.39, 0.29) is 31.2 Å². The van der Waals surface area contributed by atoms with E-state index in [0.717, 1.165) is 35.1 Å². The van der Waals surface area contributed by atoms with Crippen molar-refractivity contribution in [1.82, 2.24) is 10.3 Å². The number of ether oxygens (including phenoxy) is 1. The van der Waals surface area contributed by atoms with Crippen molar-refractivity contribution in [1.29, 1.82) is 0 Å². The van der Waals surface area contributed by atoms with Crippen molar-refractivity contribution in [3.05, 3.63) is 54.1 Å². The molecular weight excluding hydrogens is 384 g/mol. The minimum atomic E-state index is -0.880. The summed E-state index contributed by atoms with van der Waals surface area (Å²) in [6.07, 6.45) is 2.30. The van der Waals surface area contributed by atoms with Crippen LogP contribution >= 0.6 is 0 Å². The van der Waals surface area contributed by atoms with Crippen LogP contribution in [0.15, 0.2) is 52.9 Å². The van der Waals surface area contributed by atoms with Gasteiger partial charge >= 0.3 is 5.97 Å². The zero-order valence-electron chi connectivity index (χ0n) is 16.7. The third-order valence-corrected chi connectivity index (χ3v) is 5.66. The van der Waals surface area contributed by atoms with Crippen LogP contribution in [0, 0.1) is 5.92 Å². The molecule has 7 nitrogen and oxygen atoms in total. The summed E-state index contributed by atoms with van der Waals surface area (Å²) in [4.78, 5) is 15.4. The first-order valence-corrected chi connectivity index (χ1v) is 10.3. The van der Waals surface area contributed by atoms with Crippen molar-refractivity contribution in [3.63, 3.8) is 0 Å². The topological polar surface area (TPSA) is 105 Å². The summed E-state index contributed by atoms with van der Waals surface area (Å²) in [6, 6.07) is 15.5. The Balaban J connectivity index is 1.41. The van der Waals surface area contributed by atoms with E-state index in [9.17, 15) is 9.90 Å². The highest BCUT2D eigenvalue weighted by molar-refractivity contribution is 5.75. The molecule has 3 atom stereocenters. The van der Waals surface area contributed by atoms with Crippen LogP contribution in [-0.2, 0) is 16.1 Å². The van der Waals surface area contributed by atoms with Gasteiger partial charge < -0.3 is 24.7 Å². The Morgan fingerprint density at radius 1 is 1.17 bits per heavy atom. The molecule has 1 aliphatic carbocycles. The zero-order valence-corrected chi connectivity index (χ0v) is 16.7. The van der Waals surface area contributed by atoms with E-state index >= 15 is 0 Å². The van der Waals surface area contributed by atoms with Crippen molar-refractivity contribution in [2.24, 2.45) is 5.92 Å². The number of benzene rings is 2. The second kappa shape index (κ2) is 9.38. The Kier molecular flexibility index (Phi) is 6.42. The molecule has 158 valence electrons. The molecule has 1 saturated carbocycles. The molecule has 7 heteroatoms. The van der Waals surface area contributed by atoms with Gasteiger partial charge in [0.15, 0.2) is 5.58 Å². The number of oxazole rings is 1. The molecule has 1 fully saturated rings. The van der Waals surface area contributed by atoms with Crippen molar-refractivity contribution >= 4 is 17.1 Å². The van der Waals surface area contributed by atoms with E-state index < -0.39 is 5.97 Å². The number of carbonyl (C=O) groups is 1. The third kappa shape index (κ3) is 4.70. The van der Waals surface area contributed by atoms with Crippen molar-refractivity contribution in [3.8, 4) is 11.5 Å². The lowest BCUT2D eigenvalue weighted by Crippen LogP contribution is -2.42. The van der Waals surface area contributed by atoms with Gasteiger partial charge in [-0.1, -0.05) is 24.3 Å². The number of hydrogen-bond acceptors (Lipinski definition) is 6. The maximum Gasteiger partial charge on any atom is 0.317 e. The molecule has 0 saturated heterocycles. The largest absolute Gasteiger partial charge is 0.480 e. The van der Waals surface area contributed by atoms with Gasteiger partial charge in [-0.2, -0.15) is 0 Å². The van der Waals surface area contributed by atoms with Crippen LogP contribution in [-0.4, -0.2) is 46.5 Å². The SMILES string of the molecule is O=C(O)CN[C@@H]1CC[C@H](CCO)[C@H]1OCc1ccc(-c2nc3ccccc3o2)cc1. The second-order valence-electron chi connectivity index (χ2n) is 7.69. The number of aliphatic hydroxyl groups is 1. The Morgan fingerprint density at radius 2 is 1.97 bits per heavy atom. The zero-order chi connectivity index (χ0) is 20.9. The quantitative estimate of drug-likeness (QED) is 0.497. The van der Waals surface area contributed by atoms with Crippen LogP contribution < -0.4 is 5.32 Å². The monoisotopic (exact) mass is 410 g/mol. The lowest BCUT2D eigenvalue weighted by molar-refractivity contribution is -0.136. The van der Waals surface area contributed by atoms with E-state index in [1.807, 2.05) is 48.5 Å². The lowest BCUT2D eigenvalue weighted by Gasteiger charge is -2.25. The van der Waals surface area contributed by atoms with E-state index in [2.05, 4.69) is 10.3 Å². The number of aliphatic carboxylic acids is 1. The molecule has 1 aromatic heterocycles. The van der Waals surface area contributed by atoms with Crippen LogP contribution in [0.2, 0.25) is 0 Å². The van der Waals surface area contributed by atoms with Gasteiger partial charge in [-0.15, -0.1) is 0 Å². The number of aliphatic hydroxyl groups excluding tert-OH is 1. The normalized spacial score (nSPS) is 21.3. The second-order valence-corrected chi connectivity index (χ2v) is 7.69. The highest BCUT2D eigenvalue weighted by Gasteiger charge is 2.36. The standard InChI is InChI=1S/C23H26N2O5/c26-12-11-16-9-10-19(24-13-21(27)28)22(16)29-14-15-5-7-17(8-6-15)23-25-18-3-1-2-4-20(18)30-23/h1-8,16,19,22,24,26H,9-14H2,(H,27,28)/t16-,19-,22-/m1/s1. The Bertz CT molecular complexity index is 952. The first kappa shape index (κ1) is 20.5. The van der Waals surface area contributed by atoms with Gasteiger partial charge in [0.2, 0.25) is 5.89 Å². The number of rotatable bonds is 9. The molecule has 0 radical (unpaired) electrons. The number of fused-ring (bicyclic) bond motifs is 1. The summed E-state index contributed by atoms with van der Waals surface area (Å²) in [6.45, 7) is 0.441. The number of carboxylic acids is 1. The summed E-state index contributed by atoms with van der Waals surface area (Å²) in [5, 5.41) is 21.4. The molecule has 3 N–H and O–H groups in total. The average molecular weight is 410 g/mol. The van der Waals surface area contributed by atoms with Gasteiger partial charge in [-0.25, -0.2) is 4.98 Å². The van der Waals surface area contributed by atoms with Gasteiger partial charge in [0.05, 0.1) is 19.3 Å². The van der Waals surface area contributed by atoms with E-state index in [1.54, 1.807) is 0 Å².